The standard InChI is InChI=1S/C14H15BrN2O/c1-17(2)9-14(18)16-13-8-7-12(15)10-5-3-4-6-11(10)13/h3-8H,9H2,1-2H3,(H,16,18). The molecule has 18 heavy (non-hydrogen) atoms. The van der Waals surface area contributed by atoms with Gasteiger partial charge in [-0.15, -0.1) is 0 Å². The number of nitrogens with one attached hydrogen (secondary N) is 1. The summed E-state index contributed by atoms with van der Waals surface area (Å²) < 4.78 is 1.03. The van der Waals surface area contributed by atoms with Crippen LogP contribution in [0.3, 0.4) is 0 Å². The van der Waals surface area contributed by atoms with E-state index in [0.29, 0.717) is 6.54 Å². The zero-order chi connectivity index (χ0) is 13.1. The van der Waals surface area contributed by atoms with Crippen molar-refractivity contribution in [1.82, 2.24) is 4.90 Å². The first-order valence-corrected chi connectivity index (χ1v) is 6.49. The van der Waals surface area contributed by atoms with Gasteiger partial charge in [0.15, 0.2) is 0 Å². The number of fused-ring (bicyclic) bond motifs is 1. The Balaban J connectivity index is 2.34. The average molecular weight is 307 g/mol. The normalized spacial score (nSPS) is 10.9. The number of likely N-dealkylation sites (N-methyl/N-ethyl adjacent to an activating group) is 1. The second-order valence-electron chi connectivity index (χ2n) is 4.43. The van der Waals surface area contributed by atoms with Crippen LogP contribution in [0.1, 0.15) is 0 Å². The molecule has 0 radical (unpaired) electrons. The van der Waals surface area contributed by atoms with Crippen molar-refractivity contribution in [3.05, 3.63) is 40.9 Å². The summed E-state index contributed by atoms with van der Waals surface area (Å²) in [6.07, 6.45) is 0. The third kappa shape index (κ3) is 2.89. The van der Waals surface area contributed by atoms with E-state index in [0.717, 1.165) is 20.9 Å². The van der Waals surface area contributed by atoms with Crippen LogP contribution >= 0.6 is 15.9 Å². The van der Waals surface area contributed by atoms with Crippen LogP contribution in [0.15, 0.2) is 40.9 Å². The van der Waals surface area contributed by atoms with Gasteiger partial charge in [0.2, 0.25) is 5.91 Å². The Hall–Kier alpha value is -1.39. The summed E-state index contributed by atoms with van der Waals surface area (Å²) >= 11 is 3.52. The monoisotopic (exact) mass is 306 g/mol. The van der Waals surface area contributed by atoms with E-state index < -0.39 is 0 Å². The number of hydrogen-bond donors (Lipinski definition) is 1. The Bertz CT molecular complexity index is 581. The minimum absolute atomic E-state index is 0.00697. The Kier molecular flexibility index (Phi) is 3.99. The Labute approximate surface area is 115 Å². The molecule has 4 heteroatoms. The van der Waals surface area contributed by atoms with Crippen LogP contribution in [-0.2, 0) is 4.79 Å². The van der Waals surface area contributed by atoms with E-state index in [4.69, 9.17) is 0 Å². The van der Waals surface area contributed by atoms with Gasteiger partial charge in [0.05, 0.1) is 6.54 Å². The average Bonchev–Trinajstić information content (AvgIpc) is 2.32. The number of anilines is 1. The van der Waals surface area contributed by atoms with Crippen molar-refractivity contribution >= 4 is 38.3 Å². The van der Waals surface area contributed by atoms with Crippen molar-refractivity contribution in [2.45, 2.75) is 0 Å². The number of hydrogen-bond acceptors (Lipinski definition) is 2. The molecule has 0 aromatic heterocycles. The van der Waals surface area contributed by atoms with Crippen LogP contribution in [-0.4, -0.2) is 31.4 Å². The topological polar surface area (TPSA) is 32.3 Å². The van der Waals surface area contributed by atoms with Crippen molar-refractivity contribution < 1.29 is 4.79 Å². The Morgan fingerprint density at radius 3 is 2.50 bits per heavy atom. The molecule has 94 valence electrons. The predicted molar refractivity (Wildman–Crippen MR) is 78.8 cm³/mol. The summed E-state index contributed by atoms with van der Waals surface area (Å²) in [5, 5.41) is 5.08. The second kappa shape index (κ2) is 5.50. The van der Waals surface area contributed by atoms with Gasteiger partial charge in [0.1, 0.15) is 0 Å². The van der Waals surface area contributed by atoms with E-state index >= 15 is 0 Å². The molecule has 3 nitrogen and oxygen atoms in total. The quantitative estimate of drug-likeness (QED) is 0.945. The third-order valence-corrected chi connectivity index (χ3v) is 3.30. The maximum Gasteiger partial charge on any atom is 0.238 e. The van der Waals surface area contributed by atoms with Gasteiger partial charge in [0, 0.05) is 15.5 Å². The molecule has 0 saturated heterocycles. The third-order valence-electron chi connectivity index (χ3n) is 2.60. The van der Waals surface area contributed by atoms with Gasteiger partial charge in [-0.1, -0.05) is 40.2 Å². The Morgan fingerprint density at radius 2 is 1.83 bits per heavy atom. The number of halogens is 1. The lowest BCUT2D eigenvalue weighted by Gasteiger charge is -2.12. The fraction of sp³-hybridized carbons (Fsp3) is 0.214. The zero-order valence-electron chi connectivity index (χ0n) is 10.4. The molecular formula is C14H15BrN2O. The summed E-state index contributed by atoms with van der Waals surface area (Å²) in [6, 6.07) is 11.9. The van der Waals surface area contributed by atoms with Gasteiger partial charge in [-0.2, -0.15) is 0 Å². The van der Waals surface area contributed by atoms with Crippen LogP contribution in [0.25, 0.3) is 10.8 Å². The van der Waals surface area contributed by atoms with Crippen LogP contribution < -0.4 is 5.32 Å². The van der Waals surface area contributed by atoms with E-state index in [2.05, 4.69) is 21.2 Å². The van der Waals surface area contributed by atoms with E-state index in [9.17, 15) is 4.79 Å². The molecule has 0 unspecified atom stereocenters. The SMILES string of the molecule is CN(C)CC(=O)Nc1ccc(Br)c2ccccc12. The predicted octanol–water partition coefficient (Wildman–Crippen LogP) is 3.10. The highest BCUT2D eigenvalue weighted by Gasteiger charge is 2.08. The molecule has 0 aliphatic heterocycles. The van der Waals surface area contributed by atoms with Gasteiger partial charge in [-0.3, -0.25) is 4.79 Å². The summed E-state index contributed by atoms with van der Waals surface area (Å²) in [6.45, 7) is 0.379. The molecule has 2 rings (SSSR count). The largest absolute Gasteiger partial charge is 0.324 e. The second-order valence-corrected chi connectivity index (χ2v) is 5.28. The number of carbonyl (C=O) groups is 1. The molecule has 2 aromatic carbocycles. The number of rotatable bonds is 3. The number of amides is 1. The smallest absolute Gasteiger partial charge is 0.238 e. The molecule has 1 N–H and O–H groups in total. The molecule has 2 aromatic rings. The molecule has 0 bridgehead atoms. The van der Waals surface area contributed by atoms with Gasteiger partial charge < -0.3 is 10.2 Å². The minimum atomic E-state index is -0.00697. The van der Waals surface area contributed by atoms with E-state index in [-0.39, 0.29) is 5.91 Å². The summed E-state index contributed by atoms with van der Waals surface area (Å²) in [7, 11) is 3.75. The van der Waals surface area contributed by atoms with Crippen LogP contribution in [0, 0.1) is 0 Å². The molecule has 0 atom stereocenters. The molecule has 1 amide bonds. The maximum absolute atomic E-state index is 11.8. The lowest BCUT2D eigenvalue weighted by atomic mass is 10.1. The summed E-state index contributed by atoms with van der Waals surface area (Å²) in [5.41, 5.74) is 0.848. The van der Waals surface area contributed by atoms with Crippen molar-refractivity contribution in [1.29, 1.82) is 0 Å². The van der Waals surface area contributed by atoms with E-state index in [1.807, 2.05) is 55.4 Å². The molecule has 0 heterocycles. The fourth-order valence-corrected chi connectivity index (χ4v) is 2.33. The first kappa shape index (κ1) is 13.1. The van der Waals surface area contributed by atoms with Crippen molar-refractivity contribution in [2.75, 3.05) is 26.0 Å². The lowest BCUT2D eigenvalue weighted by Crippen LogP contribution is -2.27. The highest BCUT2D eigenvalue weighted by Crippen LogP contribution is 2.29. The van der Waals surface area contributed by atoms with Gasteiger partial charge >= 0.3 is 0 Å². The zero-order valence-corrected chi connectivity index (χ0v) is 12.0. The van der Waals surface area contributed by atoms with Crippen LogP contribution in [0.4, 0.5) is 5.69 Å². The molecule has 0 saturated carbocycles. The molecule has 0 fully saturated rings. The molecule has 0 spiro atoms. The van der Waals surface area contributed by atoms with Crippen molar-refractivity contribution in [2.24, 2.45) is 0 Å². The highest BCUT2D eigenvalue weighted by atomic mass is 79.9. The minimum Gasteiger partial charge on any atom is -0.324 e. The van der Waals surface area contributed by atoms with Gasteiger partial charge in [-0.25, -0.2) is 0 Å². The lowest BCUT2D eigenvalue weighted by molar-refractivity contribution is -0.116. The van der Waals surface area contributed by atoms with E-state index in [1.54, 1.807) is 0 Å². The highest BCUT2D eigenvalue weighted by molar-refractivity contribution is 9.10. The van der Waals surface area contributed by atoms with Crippen molar-refractivity contribution in [3.8, 4) is 0 Å². The molecule has 0 aliphatic carbocycles. The number of benzene rings is 2. The molecular weight excluding hydrogens is 292 g/mol. The van der Waals surface area contributed by atoms with Crippen LogP contribution in [0.5, 0.6) is 0 Å². The van der Waals surface area contributed by atoms with E-state index in [1.165, 1.54) is 0 Å². The summed E-state index contributed by atoms with van der Waals surface area (Å²) in [5.74, 6) is -0.00697. The van der Waals surface area contributed by atoms with Gasteiger partial charge in [0.25, 0.3) is 0 Å². The first-order valence-electron chi connectivity index (χ1n) is 5.70. The first-order chi connectivity index (χ1) is 8.58. The maximum atomic E-state index is 11.8. The number of nitrogens with zero attached hydrogens (tertiary/aromatic N) is 1. The molecule has 0 aliphatic rings. The Morgan fingerprint density at radius 1 is 1.17 bits per heavy atom. The van der Waals surface area contributed by atoms with Gasteiger partial charge in [-0.05, 0) is 31.6 Å². The summed E-state index contributed by atoms with van der Waals surface area (Å²) in [4.78, 5) is 13.6. The van der Waals surface area contributed by atoms with Crippen molar-refractivity contribution in [3.63, 3.8) is 0 Å². The fourth-order valence-electron chi connectivity index (χ4n) is 1.85. The number of carbonyl (C=O) groups excluding carboxylic acids is 1. The van der Waals surface area contributed by atoms with Crippen LogP contribution in [0.2, 0.25) is 0 Å².